The first-order chi connectivity index (χ1) is 18.1. The maximum atomic E-state index is 15.7. The Balaban J connectivity index is 1.36. The van der Waals surface area contributed by atoms with Crippen molar-refractivity contribution in [3.8, 4) is 5.75 Å². The zero-order valence-electron chi connectivity index (χ0n) is 21.3. The fourth-order valence-electron chi connectivity index (χ4n) is 5.07. The largest absolute Gasteiger partial charge is 0.497 e. The number of carbonyl (C=O) groups is 1. The number of likely N-dealkylation sites (tertiary alicyclic amines) is 1. The summed E-state index contributed by atoms with van der Waals surface area (Å²) in [6.07, 6.45) is 1.31. The lowest BCUT2D eigenvalue weighted by atomic mass is 9.74. The Kier molecular flexibility index (Phi) is 8.82. The van der Waals surface area contributed by atoms with Crippen LogP contribution in [0.1, 0.15) is 43.0 Å². The molecule has 1 atom stereocenters. The molecule has 1 aromatic heterocycles. The van der Waals surface area contributed by atoms with Gasteiger partial charge in [0, 0.05) is 28.8 Å². The zero-order valence-corrected chi connectivity index (χ0v) is 22.1. The summed E-state index contributed by atoms with van der Waals surface area (Å²) in [5, 5.41) is 10.7. The van der Waals surface area contributed by atoms with Crippen LogP contribution in [0.25, 0.3) is 10.9 Å². The Morgan fingerprint density at radius 1 is 1.18 bits per heavy atom. The van der Waals surface area contributed by atoms with Gasteiger partial charge < -0.3 is 14.7 Å². The van der Waals surface area contributed by atoms with E-state index < -0.39 is 35.0 Å². The Morgan fingerprint density at radius 2 is 1.87 bits per heavy atom. The van der Waals surface area contributed by atoms with E-state index in [1.165, 1.54) is 11.8 Å². The number of carboxylic acids is 1. The molecule has 1 fully saturated rings. The van der Waals surface area contributed by atoms with Crippen LogP contribution in [0.15, 0.2) is 41.4 Å². The van der Waals surface area contributed by atoms with Crippen molar-refractivity contribution < 1.29 is 32.2 Å². The van der Waals surface area contributed by atoms with Gasteiger partial charge in [-0.25, -0.2) is 17.6 Å². The van der Waals surface area contributed by atoms with Crippen molar-refractivity contribution in [2.75, 3.05) is 32.5 Å². The summed E-state index contributed by atoms with van der Waals surface area (Å²) in [7, 11) is 1.54. The van der Waals surface area contributed by atoms with Gasteiger partial charge in [-0.1, -0.05) is 0 Å². The van der Waals surface area contributed by atoms with Crippen LogP contribution in [-0.2, 0) is 4.79 Å². The number of aryl methyl sites for hydroxylation is 1. The first-order valence-corrected chi connectivity index (χ1v) is 13.4. The predicted molar refractivity (Wildman–Crippen MR) is 139 cm³/mol. The number of hydrogen-bond donors (Lipinski definition) is 1. The maximum Gasteiger partial charge on any atom is 0.309 e. The third-order valence-electron chi connectivity index (χ3n) is 7.41. The molecule has 0 bridgehead atoms. The number of ether oxygens (including phenoxy) is 1. The molecule has 0 amide bonds. The van der Waals surface area contributed by atoms with Crippen molar-refractivity contribution in [1.82, 2.24) is 9.88 Å². The van der Waals surface area contributed by atoms with Crippen LogP contribution >= 0.6 is 11.8 Å². The molecule has 38 heavy (non-hydrogen) atoms. The summed E-state index contributed by atoms with van der Waals surface area (Å²) < 4.78 is 61.0. The van der Waals surface area contributed by atoms with Crippen LogP contribution < -0.4 is 4.74 Å². The number of hydrogen-bond acceptors (Lipinski definition) is 5. The van der Waals surface area contributed by atoms with Crippen molar-refractivity contribution in [2.45, 2.75) is 43.7 Å². The lowest BCUT2D eigenvalue weighted by Gasteiger charge is -2.39. The number of alkyl halides is 1. The van der Waals surface area contributed by atoms with Gasteiger partial charge in [-0.15, -0.1) is 11.8 Å². The number of methoxy groups -OCH3 is 1. The maximum absolute atomic E-state index is 15.7. The zero-order chi connectivity index (χ0) is 27.4. The van der Waals surface area contributed by atoms with Crippen LogP contribution in [0.2, 0.25) is 0 Å². The fraction of sp³-hybridized carbons (Fsp3) is 0.429. The number of pyridine rings is 1. The highest BCUT2D eigenvalue weighted by Crippen LogP contribution is 2.41. The monoisotopic (exact) mass is 550 g/mol. The molecular weight excluding hydrogens is 520 g/mol. The Morgan fingerprint density at radius 3 is 2.50 bits per heavy atom. The van der Waals surface area contributed by atoms with Crippen LogP contribution in [0.3, 0.4) is 0 Å². The van der Waals surface area contributed by atoms with E-state index in [-0.39, 0.29) is 12.8 Å². The molecule has 0 spiro atoms. The van der Waals surface area contributed by atoms with Crippen LogP contribution in [0.4, 0.5) is 17.6 Å². The molecule has 1 aliphatic rings. The number of nitrogens with zero attached hydrogens (tertiary/aromatic N) is 2. The van der Waals surface area contributed by atoms with E-state index in [0.29, 0.717) is 70.9 Å². The molecular formula is C28H30F4N2O3S. The minimum atomic E-state index is -1.49. The Bertz CT molecular complexity index is 1290. The molecule has 1 N–H and O–H groups in total. The highest BCUT2D eigenvalue weighted by molar-refractivity contribution is 7.99. The lowest BCUT2D eigenvalue weighted by Crippen LogP contribution is -2.45. The third kappa shape index (κ3) is 6.07. The van der Waals surface area contributed by atoms with Crippen molar-refractivity contribution in [1.29, 1.82) is 0 Å². The molecule has 0 saturated carbocycles. The average Bonchev–Trinajstić information content (AvgIpc) is 2.90. The van der Waals surface area contributed by atoms with Gasteiger partial charge in [-0.2, -0.15) is 0 Å². The molecule has 1 aliphatic heterocycles. The van der Waals surface area contributed by atoms with Crippen molar-refractivity contribution in [2.24, 2.45) is 5.41 Å². The summed E-state index contributed by atoms with van der Waals surface area (Å²) in [6, 6.07) is 7.23. The first-order valence-electron chi connectivity index (χ1n) is 12.4. The molecule has 3 aromatic rings. The van der Waals surface area contributed by atoms with E-state index in [9.17, 15) is 23.1 Å². The number of rotatable bonds is 10. The molecule has 4 rings (SSSR count). The summed E-state index contributed by atoms with van der Waals surface area (Å²) >= 11 is 1.21. The molecule has 2 aromatic carbocycles. The van der Waals surface area contributed by atoms with Gasteiger partial charge in [-0.05, 0) is 87.2 Å². The van der Waals surface area contributed by atoms with E-state index in [2.05, 4.69) is 9.88 Å². The van der Waals surface area contributed by atoms with Gasteiger partial charge in [0.15, 0.2) is 17.5 Å². The Hall–Kier alpha value is -2.85. The molecule has 10 heteroatoms. The normalized spacial score (nSPS) is 16.5. The van der Waals surface area contributed by atoms with E-state index in [1.54, 1.807) is 38.4 Å². The van der Waals surface area contributed by atoms with E-state index >= 15 is 4.39 Å². The highest BCUT2D eigenvalue weighted by Gasteiger charge is 2.41. The van der Waals surface area contributed by atoms with E-state index in [4.69, 9.17) is 4.74 Å². The third-order valence-corrected chi connectivity index (χ3v) is 8.36. The first kappa shape index (κ1) is 28.2. The topological polar surface area (TPSA) is 62.7 Å². The van der Waals surface area contributed by atoms with Crippen molar-refractivity contribution >= 4 is 28.6 Å². The van der Waals surface area contributed by atoms with Gasteiger partial charge in [0.05, 0.1) is 18.0 Å². The number of benzene rings is 2. The number of piperidine rings is 1. The van der Waals surface area contributed by atoms with Gasteiger partial charge in [0.2, 0.25) is 0 Å². The second kappa shape index (κ2) is 11.9. The molecule has 0 radical (unpaired) electrons. The van der Waals surface area contributed by atoms with E-state index in [1.807, 2.05) is 0 Å². The number of fused-ring (bicyclic) bond motifs is 1. The highest BCUT2D eigenvalue weighted by atomic mass is 32.2. The molecule has 2 heterocycles. The van der Waals surface area contributed by atoms with Gasteiger partial charge >= 0.3 is 5.97 Å². The predicted octanol–water partition coefficient (Wildman–Crippen LogP) is 6.72. The minimum absolute atomic E-state index is 0.0704. The summed E-state index contributed by atoms with van der Waals surface area (Å²) in [5.74, 6) is -3.75. The fourth-order valence-corrected chi connectivity index (χ4v) is 6.02. The molecule has 1 saturated heterocycles. The second-order valence-corrected chi connectivity index (χ2v) is 10.9. The minimum Gasteiger partial charge on any atom is -0.497 e. The van der Waals surface area contributed by atoms with Crippen molar-refractivity contribution in [3.05, 3.63) is 65.1 Å². The van der Waals surface area contributed by atoms with Crippen LogP contribution in [0.5, 0.6) is 5.75 Å². The average molecular weight is 551 g/mol. The molecule has 204 valence electrons. The number of thioether (sulfide) groups is 1. The molecule has 0 unspecified atom stereocenters. The standard InChI is InChI=1S/C28H30F4N2O3S/c1-17-16-33-24-4-3-18(37-2)13-20(24)25(17)21(29)5-6-28(27(35)36)7-9-34(10-8-28)11-12-38-19-14-22(30)26(32)23(31)15-19/h3-4,13-16,21H,5-12H2,1-2H3,(H,35,36)/t21-/m1/s1. The smallest absolute Gasteiger partial charge is 0.309 e. The number of carboxylic acid groups (broad SMARTS) is 1. The second-order valence-electron chi connectivity index (χ2n) is 9.72. The van der Waals surface area contributed by atoms with Crippen LogP contribution in [0, 0.1) is 29.8 Å². The number of aromatic nitrogens is 1. The van der Waals surface area contributed by atoms with Gasteiger partial charge in [0.1, 0.15) is 11.9 Å². The Labute approximate surface area is 223 Å². The van der Waals surface area contributed by atoms with Gasteiger partial charge in [-0.3, -0.25) is 9.78 Å². The lowest BCUT2D eigenvalue weighted by molar-refractivity contribution is -0.153. The summed E-state index contributed by atoms with van der Waals surface area (Å²) in [6.45, 7) is 3.41. The molecule has 0 aliphatic carbocycles. The van der Waals surface area contributed by atoms with Crippen molar-refractivity contribution in [3.63, 3.8) is 0 Å². The number of aliphatic carboxylic acids is 1. The quantitative estimate of drug-likeness (QED) is 0.172. The van der Waals surface area contributed by atoms with Crippen LogP contribution in [-0.4, -0.2) is 53.5 Å². The van der Waals surface area contributed by atoms with E-state index in [0.717, 1.165) is 12.1 Å². The summed E-state index contributed by atoms with van der Waals surface area (Å²) in [4.78, 5) is 19.1. The molecule has 5 nitrogen and oxygen atoms in total. The van der Waals surface area contributed by atoms with Gasteiger partial charge in [0.25, 0.3) is 0 Å². The summed E-state index contributed by atoms with van der Waals surface area (Å²) in [5.41, 5.74) is 0.846. The number of halogens is 4. The SMILES string of the molecule is COc1ccc2ncc(C)c([C@H](F)CCC3(C(=O)O)CCN(CCSc4cc(F)c(F)c(F)c4)CC3)c2c1.